The number of esters is 1. The van der Waals surface area contributed by atoms with E-state index in [0.717, 1.165) is 16.9 Å². The Hall–Kier alpha value is -2.84. The molecule has 2 aromatic carbocycles. The van der Waals surface area contributed by atoms with Crippen molar-refractivity contribution in [3.8, 4) is 5.75 Å². The monoisotopic (exact) mass is 416 g/mol. The van der Waals surface area contributed by atoms with Crippen LogP contribution < -0.4 is 10.2 Å². The Morgan fingerprint density at radius 3 is 2.52 bits per heavy atom. The van der Waals surface area contributed by atoms with Gasteiger partial charge in [-0.25, -0.2) is 10.2 Å². The van der Waals surface area contributed by atoms with Crippen LogP contribution >= 0.6 is 11.8 Å². The SMILES string of the molecule is CO[C@H](C(=O)N/N=C\c1ccc(OCC(=O)OCCSC)cc1)c1ccccc1. The predicted molar refractivity (Wildman–Crippen MR) is 113 cm³/mol. The van der Waals surface area contributed by atoms with Gasteiger partial charge in [-0.2, -0.15) is 16.9 Å². The van der Waals surface area contributed by atoms with Crippen LogP contribution in [0.5, 0.6) is 5.75 Å². The van der Waals surface area contributed by atoms with Gasteiger partial charge < -0.3 is 14.2 Å². The van der Waals surface area contributed by atoms with E-state index in [-0.39, 0.29) is 12.5 Å². The van der Waals surface area contributed by atoms with Crippen molar-refractivity contribution in [3.05, 3.63) is 65.7 Å². The number of thioether (sulfide) groups is 1. The molecule has 0 saturated carbocycles. The predicted octanol–water partition coefficient (Wildman–Crippen LogP) is 2.81. The average Bonchev–Trinajstić information content (AvgIpc) is 2.75. The maximum Gasteiger partial charge on any atom is 0.344 e. The van der Waals surface area contributed by atoms with Crippen LogP contribution in [0.2, 0.25) is 0 Å². The second-order valence-electron chi connectivity index (χ2n) is 5.83. The van der Waals surface area contributed by atoms with E-state index in [1.54, 1.807) is 36.0 Å². The number of methoxy groups -OCH3 is 1. The maximum atomic E-state index is 12.2. The van der Waals surface area contributed by atoms with Crippen molar-refractivity contribution in [2.75, 3.05) is 32.3 Å². The summed E-state index contributed by atoms with van der Waals surface area (Å²) in [6.07, 6.45) is 2.72. The van der Waals surface area contributed by atoms with Gasteiger partial charge in [-0.15, -0.1) is 0 Å². The number of nitrogens with zero attached hydrogens (tertiary/aromatic N) is 1. The highest BCUT2D eigenvalue weighted by molar-refractivity contribution is 7.98. The largest absolute Gasteiger partial charge is 0.482 e. The molecule has 0 fully saturated rings. The number of hydrogen-bond acceptors (Lipinski definition) is 7. The van der Waals surface area contributed by atoms with Crippen LogP contribution in [0.4, 0.5) is 0 Å². The summed E-state index contributed by atoms with van der Waals surface area (Å²) < 4.78 is 15.6. The van der Waals surface area contributed by atoms with Gasteiger partial charge in [-0.05, 0) is 41.6 Å². The maximum absolute atomic E-state index is 12.2. The van der Waals surface area contributed by atoms with Crippen molar-refractivity contribution in [1.29, 1.82) is 0 Å². The van der Waals surface area contributed by atoms with Crippen LogP contribution in [0.15, 0.2) is 59.7 Å². The third-order valence-electron chi connectivity index (χ3n) is 3.75. The summed E-state index contributed by atoms with van der Waals surface area (Å²) in [7, 11) is 1.47. The fourth-order valence-electron chi connectivity index (χ4n) is 2.32. The average molecular weight is 416 g/mol. The Kier molecular flexibility index (Phi) is 9.74. The molecular weight excluding hydrogens is 392 g/mol. The van der Waals surface area contributed by atoms with Crippen molar-refractivity contribution in [2.24, 2.45) is 5.10 Å². The molecule has 0 aliphatic heterocycles. The van der Waals surface area contributed by atoms with Crippen molar-refractivity contribution < 1.29 is 23.8 Å². The zero-order valence-electron chi connectivity index (χ0n) is 16.4. The van der Waals surface area contributed by atoms with Crippen LogP contribution in [0.25, 0.3) is 0 Å². The zero-order chi connectivity index (χ0) is 20.9. The molecule has 0 aliphatic carbocycles. The van der Waals surface area contributed by atoms with Crippen molar-refractivity contribution in [3.63, 3.8) is 0 Å². The standard InChI is InChI=1S/C21H24N2O5S/c1-26-20(17-6-4-3-5-7-17)21(25)23-22-14-16-8-10-18(11-9-16)28-15-19(24)27-12-13-29-2/h3-11,14,20H,12-13,15H2,1-2H3,(H,23,25)/b22-14-/t20-/m0/s1. The molecule has 2 rings (SSSR count). The van der Waals surface area contributed by atoms with Crippen LogP contribution in [-0.4, -0.2) is 50.4 Å². The summed E-state index contributed by atoms with van der Waals surface area (Å²) in [6, 6.07) is 16.1. The number of hydrazone groups is 1. The lowest BCUT2D eigenvalue weighted by molar-refractivity contribution is -0.145. The summed E-state index contributed by atoms with van der Waals surface area (Å²) in [5.74, 6) is 0.525. The van der Waals surface area contributed by atoms with E-state index in [2.05, 4.69) is 10.5 Å². The van der Waals surface area contributed by atoms with E-state index < -0.39 is 12.1 Å². The lowest BCUT2D eigenvalue weighted by Gasteiger charge is -2.13. The van der Waals surface area contributed by atoms with Crippen molar-refractivity contribution in [1.82, 2.24) is 5.43 Å². The summed E-state index contributed by atoms with van der Waals surface area (Å²) >= 11 is 1.61. The van der Waals surface area contributed by atoms with E-state index in [4.69, 9.17) is 14.2 Å². The minimum Gasteiger partial charge on any atom is -0.482 e. The first kappa shape index (κ1) is 22.4. The Morgan fingerprint density at radius 1 is 1.14 bits per heavy atom. The van der Waals surface area contributed by atoms with Gasteiger partial charge in [0.15, 0.2) is 12.7 Å². The molecular formula is C21H24N2O5S. The normalized spacial score (nSPS) is 11.8. The molecule has 1 atom stereocenters. The van der Waals surface area contributed by atoms with E-state index >= 15 is 0 Å². The molecule has 1 amide bonds. The van der Waals surface area contributed by atoms with Gasteiger partial charge in [-0.3, -0.25) is 4.79 Å². The highest BCUT2D eigenvalue weighted by Gasteiger charge is 2.19. The first-order valence-electron chi connectivity index (χ1n) is 8.92. The number of nitrogens with one attached hydrogen (secondary N) is 1. The second kappa shape index (κ2) is 12.6. The highest BCUT2D eigenvalue weighted by atomic mass is 32.2. The van der Waals surface area contributed by atoms with Crippen LogP contribution in [0, 0.1) is 0 Å². The topological polar surface area (TPSA) is 86.2 Å². The number of carbonyl (C=O) groups is 2. The Morgan fingerprint density at radius 2 is 1.86 bits per heavy atom. The highest BCUT2D eigenvalue weighted by Crippen LogP contribution is 2.16. The second-order valence-corrected chi connectivity index (χ2v) is 6.82. The Bertz CT molecular complexity index is 796. The van der Waals surface area contributed by atoms with Gasteiger partial charge in [-0.1, -0.05) is 30.3 Å². The summed E-state index contributed by atoms with van der Waals surface area (Å²) in [4.78, 5) is 23.8. The zero-order valence-corrected chi connectivity index (χ0v) is 17.2. The number of rotatable bonds is 11. The van der Waals surface area contributed by atoms with Crippen molar-refractivity contribution >= 4 is 29.9 Å². The molecule has 0 unspecified atom stereocenters. The number of ether oxygens (including phenoxy) is 3. The van der Waals surface area contributed by atoms with Gasteiger partial charge in [0.2, 0.25) is 0 Å². The minimum atomic E-state index is -0.736. The summed E-state index contributed by atoms with van der Waals surface area (Å²) in [6.45, 7) is 0.231. The smallest absolute Gasteiger partial charge is 0.344 e. The lowest BCUT2D eigenvalue weighted by Crippen LogP contribution is -2.26. The molecule has 8 heteroatoms. The third kappa shape index (κ3) is 7.97. The molecule has 0 aromatic heterocycles. The van der Waals surface area contributed by atoms with E-state index in [9.17, 15) is 9.59 Å². The van der Waals surface area contributed by atoms with Gasteiger partial charge in [0.05, 0.1) is 6.21 Å². The third-order valence-corrected chi connectivity index (χ3v) is 4.33. The Balaban J connectivity index is 1.80. The van der Waals surface area contributed by atoms with Crippen LogP contribution in [0.1, 0.15) is 17.2 Å². The molecule has 1 N–H and O–H groups in total. The fraction of sp³-hybridized carbons (Fsp3) is 0.286. The molecule has 0 saturated heterocycles. The number of amides is 1. The first-order chi connectivity index (χ1) is 14.1. The van der Waals surface area contributed by atoms with E-state index in [0.29, 0.717) is 12.4 Å². The molecule has 0 bridgehead atoms. The van der Waals surface area contributed by atoms with E-state index in [1.807, 2.05) is 36.6 Å². The molecule has 29 heavy (non-hydrogen) atoms. The summed E-state index contributed by atoms with van der Waals surface area (Å²) in [5.41, 5.74) is 3.98. The molecule has 0 aliphatic rings. The molecule has 7 nitrogen and oxygen atoms in total. The number of carbonyl (C=O) groups excluding carboxylic acids is 2. The molecule has 154 valence electrons. The van der Waals surface area contributed by atoms with Gasteiger partial charge >= 0.3 is 5.97 Å². The first-order valence-corrected chi connectivity index (χ1v) is 10.3. The number of hydrogen-bond donors (Lipinski definition) is 1. The minimum absolute atomic E-state index is 0.143. The van der Waals surface area contributed by atoms with Gasteiger partial charge in [0.25, 0.3) is 5.91 Å². The molecule has 2 aromatic rings. The summed E-state index contributed by atoms with van der Waals surface area (Å²) in [5, 5.41) is 3.96. The van der Waals surface area contributed by atoms with Crippen molar-refractivity contribution in [2.45, 2.75) is 6.10 Å². The molecule has 0 radical (unpaired) electrons. The fourth-order valence-corrected chi connectivity index (χ4v) is 2.57. The Labute approximate surface area is 174 Å². The quantitative estimate of drug-likeness (QED) is 0.262. The van der Waals surface area contributed by atoms with E-state index in [1.165, 1.54) is 13.3 Å². The molecule has 0 heterocycles. The molecule has 0 spiro atoms. The van der Waals surface area contributed by atoms with Crippen LogP contribution in [0.3, 0.4) is 0 Å². The number of benzene rings is 2. The van der Waals surface area contributed by atoms with Crippen LogP contribution in [-0.2, 0) is 19.1 Å². The van der Waals surface area contributed by atoms with Gasteiger partial charge in [0, 0.05) is 12.9 Å². The van der Waals surface area contributed by atoms with Gasteiger partial charge in [0.1, 0.15) is 12.4 Å². The lowest BCUT2D eigenvalue weighted by atomic mass is 10.1.